The topological polar surface area (TPSA) is 56.5 Å². The molecular weight excluding hydrogens is 342 g/mol. The maximum atomic E-state index is 12.9. The minimum absolute atomic E-state index is 0.170. The molecule has 0 saturated carbocycles. The van der Waals surface area contributed by atoms with Crippen LogP contribution in [0, 0.1) is 6.92 Å². The van der Waals surface area contributed by atoms with Gasteiger partial charge in [0.1, 0.15) is 5.56 Å². The third-order valence-corrected chi connectivity index (χ3v) is 4.30. The number of para-hydroxylation sites is 1. The quantitative estimate of drug-likeness (QED) is 0.511. The molecule has 1 aromatic heterocycles. The molecule has 0 aliphatic heterocycles. The number of hydrogen-bond donors (Lipinski definition) is 0. The summed E-state index contributed by atoms with van der Waals surface area (Å²) in [7, 11) is 0. The monoisotopic (exact) mass is 364 g/mol. The van der Waals surface area contributed by atoms with Gasteiger partial charge >= 0.3 is 17.6 Å². The van der Waals surface area contributed by atoms with E-state index in [-0.39, 0.29) is 24.5 Å². The average Bonchev–Trinajstić information content (AvgIpc) is 2.67. The van der Waals surface area contributed by atoms with Crippen LogP contribution in [0.4, 0.5) is 0 Å². The molecule has 0 saturated heterocycles. The molecule has 138 valence electrons. The fourth-order valence-corrected chi connectivity index (χ4v) is 3.12. The van der Waals surface area contributed by atoms with Gasteiger partial charge < -0.3 is 9.47 Å². The summed E-state index contributed by atoms with van der Waals surface area (Å²) in [5, 5.41) is 1.49. The molecule has 5 heteroatoms. The Hall–Kier alpha value is -3.21. The molecule has 0 amide bonds. The van der Waals surface area contributed by atoms with Crippen LogP contribution in [0.1, 0.15) is 40.3 Å². The number of pyridine rings is 1. The van der Waals surface area contributed by atoms with Crippen LogP contribution < -0.4 is 4.57 Å². The second-order valence-electron chi connectivity index (χ2n) is 6.04. The summed E-state index contributed by atoms with van der Waals surface area (Å²) >= 11 is 0. The number of hydrogen-bond acceptors (Lipinski definition) is 4. The van der Waals surface area contributed by atoms with Gasteiger partial charge in [-0.3, -0.25) is 0 Å². The summed E-state index contributed by atoms with van der Waals surface area (Å²) in [6.45, 7) is 5.86. The van der Waals surface area contributed by atoms with Crippen molar-refractivity contribution in [3.05, 3.63) is 71.5 Å². The Morgan fingerprint density at radius 3 is 2.22 bits per heavy atom. The molecule has 0 atom stereocenters. The SMILES string of the molecule is CCOC(=O)c1c(C(=O)OCC)[n+](-c2ccccc2C)cc2ccccc12. The number of esters is 2. The highest BCUT2D eigenvalue weighted by atomic mass is 16.5. The van der Waals surface area contributed by atoms with Crippen molar-refractivity contribution in [3.63, 3.8) is 0 Å². The van der Waals surface area contributed by atoms with Gasteiger partial charge in [-0.05, 0) is 26.8 Å². The van der Waals surface area contributed by atoms with E-state index in [0.29, 0.717) is 5.39 Å². The van der Waals surface area contributed by atoms with E-state index >= 15 is 0 Å². The zero-order valence-electron chi connectivity index (χ0n) is 15.7. The lowest BCUT2D eigenvalue weighted by Crippen LogP contribution is -2.41. The van der Waals surface area contributed by atoms with Crippen LogP contribution in [0.15, 0.2) is 54.7 Å². The zero-order valence-corrected chi connectivity index (χ0v) is 15.7. The lowest BCUT2D eigenvalue weighted by molar-refractivity contribution is -0.597. The van der Waals surface area contributed by atoms with Crippen LogP contribution in [-0.4, -0.2) is 25.2 Å². The zero-order chi connectivity index (χ0) is 19.4. The molecule has 3 rings (SSSR count). The lowest BCUT2D eigenvalue weighted by Gasteiger charge is -2.12. The van der Waals surface area contributed by atoms with Gasteiger partial charge in [-0.2, -0.15) is 4.57 Å². The van der Waals surface area contributed by atoms with Gasteiger partial charge in [0.05, 0.1) is 13.2 Å². The van der Waals surface area contributed by atoms with Gasteiger partial charge in [0.25, 0.3) is 0 Å². The van der Waals surface area contributed by atoms with Gasteiger partial charge in [-0.25, -0.2) is 9.59 Å². The van der Waals surface area contributed by atoms with E-state index in [1.54, 1.807) is 18.4 Å². The van der Waals surface area contributed by atoms with Crippen molar-refractivity contribution in [2.24, 2.45) is 0 Å². The minimum atomic E-state index is -0.561. The van der Waals surface area contributed by atoms with Gasteiger partial charge in [-0.1, -0.05) is 36.4 Å². The number of nitrogens with zero attached hydrogens (tertiary/aromatic N) is 1. The highest BCUT2D eigenvalue weighted by Crippen LogP contribution is 2.23. The number of rotatable bonds is 5. The second kappa shape index (κ2) is 7.99. The molecule has 0 unspecified atom stereocenters. The molecule has 0 bridgehead atoms. The number of aryl methyl sites for hydroxylation is 1. The number of carbonyl (C=O) groups is 2. The van der Waals surface area contributed by atoms with Gasteiger partial charge in [0.15, 0.2) is 6.20 Å². The van der Waals surface area contributed by atoms with Crippen LogP contribution in [0.5, 0.6) is 0 Å². The van der Waals surface area contributed by atoms with Crippen molar-refractivity contribution in [2.45, 2.75) is 20.8 Å². The minimum Gasteiger partial charge on any atom is -0.462 e. The van der Waals surface area contributed by atoms with Crippen LogP contribution in [0.25, 0.3) is 16.5 Å². The fourth-order valence-electron chi connectivity index (χ4n) is 3.12. The Labute approximate surface area is 158 Å². The molecule has 0 N–H and O–H groups in total. The summed E-state index contributed by atoms with van der Waals surface area (Å²) in [5.74, 6) is -1.10. The van der Waals surface area contributed by atoms with Crippen LogP contribution >= 0.6 is 0 Å². The maximum absolute atomic E-state index is 12.9. The molecule has 5 nitrogen and oxygen atoms in total. The first-order chi connectivity index (χ1) is 13.1. The van der Waals surface area contributed by atoms with Gasteiger partial charge in [0, 0.05) is 22.4 Å². The van der Waals surface area contributed by atoms with E-state index in [4.69, 9.17) is 9.47 Å². The summed E-state index contributed by atoms with van der Waals surface area (Å²) in [5.41, 5.74) is 2.16. The first-order valence-corrected chi connectivity index (χ1v) is 8.96. The van der Waals surface area contributed by atoms with Crippen molar-refractivity contribution in [3.8, 4) is 5.69 Å². The normalized spacial score (nSPS) is 10.6. The molecule has 1 heterocycles. The highest BCUT2D eigenvalue weighted by molar-refractivity contribution is 6.10. The van der Waals surface area contributed by atoms with Crippen molar-refractivity contribution in [2.75, 3.05) is 13.2 Å². The molecule has 27 heavy (non-hydrogen) atoms. The Bertz CT molecular complexity index is 1010. The number of carbonyl (C=O) groups excluding carboxylic acids is 2. The molecule has 0 radical (unpaired) electrons. The summed E-state index contributed by atoms with van der Waals surface area (Å²) in [6.07, 6.45) is 1.85. The fraction of sp³-hybridized carbons (Fsp3) is 0.227. The third kappa shape index (κ3) is 3.53. The van der Waals surface area contributed by atoms with E-state index in [0.717, 1.165) is 16.6 Å². The Balaban J connectivity index is 2.43. The van der Waals surface area contributed by atoms with Crippen molar-refractivity contribution >= 4 is 22.7 Å². The van der Waals surface area contributed by atoms with E-state index in [9.17, 15) is 9.59 Å². The number of ether oxygens (including phenoxy) is 2. The Kier molecular flexibility index (Phi) is 5.50. The Morgan fingerprint density at radius 2 is 1.52 bits per heavy atom. The van der Waals surface area contributed by atoms with Crippen molar-refractivity contribution < 1.29 is 23.6 Å². The third-order valence-electron chi connectivity index (χ3n) is 4.30. The van der Waals surface area contributed by atoms with E-state index in [1.165, 1.54) is 0 Å². The van der Waals surface area contributed by atoms with Crippen molar-refractivity contribution in [1.29, 1.82) is 0 Å². The van der Waals surface area contributed by atoms with Crippen molar-refractivity contribution in [1.82, 2.24) is 0 Å². The summed E-state index contributed by atoms with van der Waals surface area (Å²) in [6, 6.07) is 15.1. The number of fused-ring (bicyclic) bond motifs is 1. The first-order valence-electron chi connectivity index (χ1n) is 8.96. The first kappa shape index (κ1) is 18.6. The summed E-state index contributed by atoms with van der Waals surface area (Å²) in [4.78, 5) is 25.7. The predicted molar refractivity (Wildman–Crippen MR) is 102 cm³/mol. The summed E-state index contributed by atoms with van der Waals surface area (Å²) < 4.78 is 12.3. The average molecular weight is 364 g/mol. The molecule has 0 spiro atoms. The second-order valence-corrected chi connectivity index (χ2v) is 6.04. The molecule has 2 aromatic carbocycles. The molecule has 0 aliphatic carbocycles. The Morgan fingerprint density at radius 1 is 0.889 bits per heavy atom. The molecule has 3 aromatic rings. The molecule has 0 aliphatic rings. The molecule has 0 fully saturated rings. The van der Waals surface area contributed by atoms with Gasteiger partial charge in [-0.15, -0.1) is 0 Å². The largest absolute Gasteiger partial charge is 0.462 e. The van der Waals surface area contributed by atoms with Crippen LogP contribution in [-0.2, 0) is 9.47 Å². The van der Waals surface area contributed by atoms with Crippen LogP contribution in [0.3, 0.4) is 0 Å². The lowest BCUT2D eigenvalue weighted by atomic mass is 10.0. The predicted octanol–water partition coefficient (Wildman–Crippen LogP) is 3.78. The smallest absolute Gasteiger partial charge is 0.405 e. The number of benzene rings is 2. The maximum Gasteiger partial charge on any atom is 0.405 e. The molecular formula is C22H22NO4+. The van der Waals surface area contributed by atoms with E-state index < -0.39 is 11.9 Å². The van der Waals surface area contributed by atoms with E-state index in [2.05, 4.69) is 0 Å². The standard InChI is InChI=1S/C22H22NO4/c1-4-26-21(24)19-17-12-8-7-11-16(17)14-23(20(19)22(25)27-5-2)18-13-9-6-10-15(18)3/h6-14H,4-5H2,1-3H3/q+1. The van der Waals surface area contributed by atoms with Gasteiger partial charge in [0.2, 0.25) is 5.69 Å². The van der Waals surface area contributed by atoms with Crippen LogP contribution in [0.2, 0.25) is 0 Å². The number of aromatic nitrogens is 1. The van der Waals surface area contributed by atoms with E-state index in [1.807, 2.05) is 61.7 Å². The highest BCUT2D eigenvalue weighted by Gasteiger charge is 2.34.